The highest BCUT2D eigenvalue weighted by atomic mass is 35.5. The molecule has 0 spiro atoms. The van der Waals surface area contributed by atoms with Gasteiger partial charge in [0.15, 0.2) is 6.10 Å². The van der Waals surface area contributed by atoms with E-state index in [-0.39, 0.29) is 5.91 Å². The summed E-state index contributed by atoms with van der Waals surface area (Å²) in [4.78, 5) is 12.6. The summed E-state index contributed by atoms with van der Waals surface area (Å²) in [5, 5.41) is 3.23. The molecule has 0 aliphatic rings. The molecule has 0 radical (unpaired) electrons. The van der Waals surface area contributed by atoms with E-state index >= 15 is 0 Å². The Balaban J connectivity index is 2.20. The SMILES string of the molecule is CC[C@H](Oc1ccccc1C)C(=O)Nc1cc(OC)c(Cl)cc1OC. The number of rotatable bonds is 7. The van der Waals surface area contributed by atoms with Crippen LogP contribution in [0.3, 0.4) is 0 Å². The number of benzene rings is 2. The number of hydrogen-bond acceptors (Lipinski definition) is 4. The molecule has 0 unspecified atom stereocenters. The van der Waals surface area contributed by atoms with Crippen LogP contribution in [0.2, 0.25) is 5.02 Å². The van der Waals surface area contributed by atoms with Crippen molar-refractivity contribution in [2.45, 2.75) is 26.4 Å². The van der Waals surface area contributed by atoms with Crippen molar-refractivity contribution in [2.24, 2.45) is 0 Å². The zero-order chi connectivity index (χ0) is 18.4. The van der Waals surface area contributed by atoms with Gasteiger partial charge >= 0.3 is 0 Å². The van der Waals surface area contributed by atoms with Gasteiger partial charge in [0.1, 0.15) is 17.2 Å². The third-order valence-corrected chi connectivity index (χ3v) is 4.05. The summed E-state index contributed by atoms with van der Waals surface area (Å²) in [6, 6.07) is 10.8. The van der Waals surface area contributed by atoms with Crippen LogP contribution in [-0.2, 0) is 4.79 Å². The quantitative estimate of drug-likeness (QED) is 0.789. The summed E-state index contributed by atoms with van der Waals surface area (Å²) >= 11 is 6.09. The zero-order valence-electron chi connectivity index (χ0n) is 14.8. The predicted molar refractivity (Wildman–Crippen MR) is 99.1 cm³/mol. The van der Waals surface area contributed by atoms with Crippen molar-refractivity contribution in [3.63, 3.8) is 0 Å². The molecule has 0 aliphatic heterocycles. The third kappa shape index (κ3) is 4.57. The van der Waals surface area contributed by atoms with Gasteiger partial charge in [0.2, 0.25) is 0 Å². The number of carbonyl (C=O) groups excluding carboxylic acids is 1. The van der Waals surface area contributed by atoms with Crippen LogP contribution >= 0.6 is 11.6 Å². The van der Waals surface area contributed by atoms with E-state index in [4.69, 9.17) is 25.8 Å². The molecule has 0 aromatic heterocycles. The maximum absolute atomic E-state index is 12.6. The minimum atomic E-state index is -0.632. The number of aryl methyl sites for hydroxylation is 1. The first kappa shape index (κ1) is 18.9. The van der Waals surface area contributed by atoms with Crippen LogP contribution in [-0.4, -0.2) is 26.2 Å². The number of carbonyl (C=O) groups is 1. The van der Waals surface area contributed by atoms with E-state index in [0.717, 1.165) is 5.56 Å². The van der Waals surface area contributed by atoms with Crippen LogP contribution in [0.15, 0.2) is 36.4 Å². The Bertz CT molecular complexity index is 748. The average Bonchev–Trinajstić information content (AvgIpc) is 2.61. The van der Waals surface area contributed by atoms with E-state index in [0.29, 0.717) is 34.4 Å². The summed E-state index contributed by atoms with van der Waals surface area (Å²) in [7, 11) is 3.02. The van der Waals surface area contributed by atoms with Gasteiger partial charge in [-0.1, -0.05) is 36.7 Å². The van der Waals surface area contributed by atoms with E-state index in [2.05, 4.69) is 5.32 Å². The molecule has 0 saturated heterocycles. The lowest BCUT2D eigenvalue weighted by molar-refractivity contribution is -0.122. The molecule has 0 aliphatic carbocycles. The molecule has 1 N–H and O–H groups in total. The van der Waals surface area contributed by atoms with Crippen molar-refractivity contribution in [2.75, 3.05) is 19.5 Å². The van der Waals surface area contributed by atoms with Crippen molar-refractivity contribution in [1.82, 2.24) is 0 Å². The fourth-order valence-corrected chi connectivity index (χ4v) is 2.57. The number of halogens is 1. The lowest BCUT2D eigenvalue weighted by Gasteiger charge is -2.20. The Labute approximate surface area is 152 Å². The van der Waals surface area contributed by atoms with E-state index in [1.165, 1.54) is 14.2 Å². The Hall–Kier alpha value is -2.40. The second kappa shape index (κ2) is 8.62. The molecule has 2 rings (SSSR count). The van der Waals surface area contributed by atoms with Crippen molar-refractivity contribution in [1.29, 1.82) is 0 Å². The van der Waals surface area contributed by atoms with Crippen LogP contribution in [0, 0.1) is 6.92 Å². The second-order valence-electron chi connectivity index (χ2n) is 5.46. The minimum absolute atomic E-state index is 0.270. The highest BCUT2D eigenvalue weighted by Gasteiger charge is 2.21. The maximum atomic E-state index is 12.6. The molecule has 0 saturated carbocycles. The average molecular weight is 364 g/mol. The fourth-order valence-electron chi connectivity index (χ4n) is 2.34. The van der Waals surface area contributed by atoms with Gasteiger partial charge in [0.25, 0.3) is 5.91 Å². The van der Waals surface area contributed by atoms with Crippen LogP contribution in [0.5, 0.6) is 17.2 Å². The summed E-state index contributed by atoms with van der Waals surface area (Å²) in [6.07, 6.45) is -0.111. The highest BCUT2D eigenvalue weighted by molar-refractivity contribution is 6.32. The smallest absolute Gasteiger partial charge is 0.265 e. The Morgan fingerprint density at radius 1 is 1.12 bits per heavy atom. The molecule has 6 heteroatoms. The van der Waals surface area contributed by atoms with Crippen molar-refractivity contribution < 1.29 is 19.0 Å². The van der Waals surface area contributed by atoms with Crippen LogP contribution in [0.1, 0.15) is 18.9 Å². The van der Waals surface area contributed by atoms with Crippen molar-refractivity contribution in [3.05, 3.63) is 47.0 Å². The Kier molecular flexibility index (Phi) is 6.53. The van der Waals surface area contributed by atoms with Crippen LogP contribution in [0.4, 0.5) is 5.69 Å². The van der Waals surface area contributed by atoms with E-state index in [1.807, 2.05) is 38.1 Å². The topological polar surface area (TPSA) is 56.8 Å². The summed E-state index contributed by atoms with van der Waals surface area (Å²) in [5.41, 5.74) is 1.44. The Morgan fingerprint density at radius 3 is 2.40 bits per heavy atom. The second-order valence-corrected chi connectivity index (χ2v) is 5.86. The lowest BCUT2D eigenvalue weighted by atomic mass is 10.2. The van der Waals surface area contributed by atoms with Crippen molar-refractivity contribution >= 4 is 23.2 Å². The number of ether oxygens (including phenoxy) is 3. The summed E-state index contributed by atoms with van der Waals surface area (Å²) < 4.78 is 16.3. The number of methoxy groups -OCH3 is 2. The monoisotopic (exact) mass is 363 g/mol. The standard InChI is InChI=1S/C19H22ClNO4/c1-5-15(25-16-9-7-6-8-12(16)2)19(22)21-14-11-17(23-3)13(20)10-18(14)24-4/h6-11,15H,5H2,1-4H3,(H,21,22)/t15-/m0/s1. The van der Waals surface area contributed by atoms with E-state index in [9.17, 15) is 4.79 Å². The first-order valence-corrected chi connectivity index (χ1v) is 8.32. The molecule has 25 heavy (non-hydrogen) atoms. The third-order valence-electron chi connectivity index (χ3n) is 3.76. The molecule has 0 heterocycles. The molecule has 2 aromatic rings. The first-order chi connectivity index (χ1) is 12.0. The van der Waals surface area contributed by atoms with E-state index in [1.54, 1.807) is 12.1 Å². The van der Waals surface area contributed by atoms with Gasteiger partial charge in [0, 0.05) is 12.1 Å². The first-order valence-electron chi connectivity index (χ1n) is 7.94. The number of anilines is 1. The highest BCUT2D eigenvalue weighted by Crippen LogP contribution is 2.36. The van der Waals surface area contributed by atoms with Gasteiger partial charge in [-0.15, -0.1) is 0 Å². The number of amides is 1. The van der Waals surface area contributed by atoms with Gasteiger partial charge in [-0.05, 0) is 25.0 Å². The molecule has 5 nitrogen and oxygen atoms in total. The lowest BCUT2D eigenvalue weighted by Crippen LogP contribution is -2.32. The molecule has 0 bridgehead atoms. The molecule has 1 amide bonds. The summed E-state index contributed by atoms with van der Waals surface area (Å²) in [6.45, 7) is 3.83. The largest absolute Gasteiger partial charge is 0.495 e. The van der Waals surface area contributed by atoms with Gasteiger partial charge in [-0.2, -0.15) is 0 Å². The molecular weight excluding hydrogens is 342 g/mol. The summed E-state index contributed by atoms with van der Waals surface area (Å²) in [5.74, 6) is 1.31. The zero-order valence-corrected chi connectivity index (χ0v) is 15.5. The van der Waals surface area contributed by atoms with Crippen LogP contribution < -0.4 is 19.5 Å². The van der Waals surface area contributed by atoms with E-state index < -0.39 is 6.10 Å². The van der Waals surface area contributed by atoms with Gasteiger partial charge in [-0.3, -0.25) is 4.79 Å². The number of nitrogens with one attached hydrogen (secondary N) is 1. The Morgan fingerprint density at radius 2 is 1.80 bits per heavy atom. The molecule has 2 aromatic carbocycles. The molecule has 1 atom stereocenters. The van der Waals surface area contributed by atoms with Gasteiger partial charge in [0.05, 0.1) is 24.9 Å². The normalized spacial score (nSPS) is 11.6. The maximum Gasteiger partial charge on any atom is 0.265 e. The van der Waals surface area contributed by atoms with Crippen LogP contribution in [0.25, 0.3) is 0 Å². The fraction of sp³-hybridized carbons (Fsp3) is 0.316. The molecule has 134 valence electrons. The van der Waals surface area contributed by atoms with Gasteiger partial charge in [-0.25, -0.2) is 0 Å². The number of hydrogen-bond donors (Lipinski definition) is 1. The number of para-hydroxylation sites is 1. The van der Waals surface area contributed by atoms with Gasteiger partial charge < -0.3 is 19.5 Å². The molecule has 0 fully saturated rings. The van der Waals surface area contributed by atoms with Crippen molar-refractivity contribution in [3.8, 4) is 17.2 Å². The predicted octanol–water partition coefficient (Wildman–Crippen LogP) is 4.46. The minimum Gasteiger partial charge on any atom is -0.495 e. The molecular formula is C19H22ClNO4.